The molecule has 0 radical (unpaired) electrons. The molecule has 0 bridgehead atoms. The topological polar surface area (TPSA) is 54.5 Å². The number of ether oxygens (including phenoxy) is 1. The van der Waals surface area contributed by atoms with E-state index in [1.807, 2.05) is 5.38 Å². The zero-order valence-corrected chi connectivity index (χ0v) is 16.3. The van der Waals surface area contributed by atoms with Gasteiger partial charge in [0.05, 0.1) is 33.5 Å². The normalized spacial score (nSPS) is 21.3. The molecule has 0 aliphatic carbocycles. The van der Waals surface area contributed by atoms with Crippen molar-refractivity contribution in [3.05, 3.63) is 44.9 Å². The number of benzene rings is 1. The summed E-state index contributed by atoms with van der Waals surface area (Å²) in [4.78, 5) is 19.2. The van der Waals surface area contributed by atoms with E-state index in [0.29, 0.717) is 15.7 Å². The molecular formula is C17H19Cl2N3O2S. The maximum Gasteiger partial charge on any atom is 0.259 e. The van der Waals surface area contributed by atoms with Gasteiger partial charge in [-0.2, -0.15) is 0 Å². The molecule has 1 aliphatic rings. The molecule has 0 saturated carbocycles. The highest BCUT2D eigenvalue weighted by Gasteiger charge is 2.23. The van der Waals surface area contributed by atoms with E-state index in [1.165, 1.54) is 11.3 Å². The van der Waals surface area contributed by atoms with E-state index in [0.717, 1.165) is 25.3 Å². The molecule has 1 aromatic carbocycles. The van der Waals surface area contributed by atoms with Crippen LogP contribution in [0.1, 0.15) is 29.9 Å². The van der Waals surface area contributed by atoms with E-state index in [4.69, 9.17) is 27.9 Å². The maximum atomic E-state index is 12.4. The van der Waals surface area contributed by atoms with E-state index in [2.05, 4.69) is 29.0 Å². The third-order valence-corrected chi connectivity index (χ3v) is 5.47. The summed E-state index contributed by atoms with van der Waals surface area (Å²) in [5.41, 5.74) is 1.26. The molecule has 1 N–H and O–H groups in total. The zero-order chi connectivity index (χ0) is 18.0. The molecule has 2 atom stereocenters. The Morgan fingerprint density at radius 1 is 1.36 bits per heavy atom. The number of amides is 1. The Balaban J connectivity index is 1.63. The molecule has 3 rings (SSSR count). The van der Waals surface area contributed by atoms with Gasteiger partial charge in [-0.1, -0.05) is 29.3 Å². The molecule has 1 amide bonds. The summed E-state index contributed by atoms with van der Waals surface area (Å²) in [7, 11) is 0. The third kappa shape index (κ3) is 4.71. The highest BCUT2D eigenvalue weighted by molar-refractivity contribution is 7.14. The highest BCUT2D eigenvalue weighted by atomic mass is 35.5. The van der Waals surface area contributed by atoms with Crippen molar-refractivity contribution in [2.45, 2.75) is 32.6 Å². The number of carbonyl (C=O) groups is 1. The Hall–Kier alpha value is -1.18. The molecule has 1 aliphatic heterocycles. The molecule has 1 saturated heterocycles. The van der Waals surface area contributed by atoms with Crippen LogP contribution in [0.25, 0.3) is 0 Å². The molecule has 1 fully saturated rings. The molecule has 1 aromatic heterocycles. The monoisotopic (exact) mass is 399 g/mol. The van der Waals surface area contributed by atoms with Gasteiger partial charge >= 0.3 is 0 Å². The number of aromatic nitrogens is 1. The highest BCUT2D eigenvalue weighted by Crippen LogP contribution is 2.27. The van der Waals surface area contributed by atoms with Crippen LogP contribution in [0.4, 0.5) is 5.13 Å². The Morgan fingerprint density at radius 2 is 2.08 bits per heavy atom. The second-order valence-corrected chi connectivity index (χ2v) is 7.79. The molecule has 8 heteroatoms. The van der Waals surface area contributed by atoms with Crippen LogP contribution in [0.5, 0.6) is 0 Å². The fourth-order valence-electron chi connectivity index (χ4n) is 2.92. The minimum Gasteiger partial charge on any atom is -0.373 e. The summed E-state index contributed by atoms with van der Waals surface area (Å²) in [6, 6.07) is 4.97. The summed E-state index contributed by atoms with van der Waals surface area (Å²) >= 11 is 13.4. The Bertz CT molecular complexity index is 758. The molecule has 0 unspecified atom stereocenters. The van der Waals surface area contributed by atoms with Crippen molar-refractivity contribution >= 4 is 45.6 Å². The summed E-state index contributed by atoms with van der Waals surface area (Å²) in [6.07, 6.45) is 0.429. The number of nitrogens with one attached hydrogen (secondary N) is 1. The first kappa shape index (κ1) is 18.6. The van der Waals surface area contributed by atoms with Gasteiger partial charge in [-0.3, -0.25) is 15.0 Å². The molecule has 2 aromatic rings. The van der Waals surface area contributed by atoms with Gasteiger partial charge in [0.15, 0.2) is 5.13 Å². The lowest BCUT2D eigenvalue weighted by molar-refractivity contribution is -0.0707. The second-order valence-electron chi connectivity index (χ2n) is 6.15. The Morgan fingerprint density at radius 3 is 2.80 bits per heavy atom. The lowest BCUT2D eigenvalue weighted by atomic mass is 10.2. The number of hydrogen-bond donors (Lipinski definition) is 1. The first-order chi connectivity index (χ1) is 11.9. The molecule has 25 heavy (non-hydrogen) atoms. The zero-order valence-electron chi connectivity index (χ0n) is 14.0. The number of carbonyl (C=O) groups excluding carboxylic acids is 1. The number of rotatable bonds is 4. The van der Waals surface area contributed by atoms with Crippen LogP contribution in [-0.2, 0) is 11.3 Å². The van der Waals surface area contributed by atoms with E-state index >= 15 is 0 Å². The molecular weight excluding hydrogens is 381 g/mol. The van der Waals surface area contributed by atoms with Crippen molar-refractivity contribution in [2.24, 2.45) is 0 Å². The van der Waals surface area contributed by atoms with Crippen molar-refractivity contribution in [3.8, 4) is 0 Å². The first-order valence-corrected chi connectivity index (χ1v) is 9.63. The van der Waals surface area contributed by atoms with Gasteiger partial charge in [-0.05, 0) is 26.0 Å². The van der Waals surface area contributed by atoms with Crippen molar-refractivity contribution in [3.63, 3.8) is 0 Å². The molecule has 2 heterocycles. The standard InChI is InChI=1S/C17H19Cl2N3O2S/c1-10-6-22(7-11(2)24-10)8-12-9-25-17(20-12)21-16(23)13-4-3-5-14(18)15(13)19/h3-5,9-11H,6-8H2,1-2H3,(H,20,21,23)/t10-,11-/m1/s1. The van der Waals surface area contributed by atoms with Gasteiger partial charge in [-0.15, -0.1) is 11.3 Å². The van der Waals surface area contributed by atoms with Crippen molar-refractivity contribution in [2.75, 3.05) is 18.4 Å². The average Bonchev–Trinajstić information content (AvgIpc) is 2.95. The Labute approximate surface area is 160 Å². The summed E-state index contributed by atoms with van der Waals surface area (Å²) < 4.78 is 5.74. The summed E-state index contributed by atoms with van der Waals surface area (Å²) in [5, 5.41) is 5.89. The van der Waals surface area contributed by atoms with Crippen LogP contribution in [0.3, 0.4) is 0 Å². The lowest BCUT2D eigenvalue weighted by Gasteiger charge is -2.34. The van der Waals surface area contributed by atoms with Crippen LogP contribution in [0.2, 0.25) is 10.0 Å². The van der Waals surface area contributed by atoms with Gasteiger partial charge in [0, 0.05) is 25.0 Å². The SMILES string of the molecule is C[C@@H]1CN(Cc2csc(NC(=O)c3cccc(Cl)c3Cl)n2)C[C@@H](C)O1. The van der Waals surface area contributed by atoms with E-state index < -0.39 is 0 Å². The van der Waals surface area contributed by atoms with Crippen LogP contribution in [0.15, 0.2) is 23.6 Å². The van der Waals surface area contributed by atoms with Crippen LogP contribution in [-0.4, -0.2) is 41.1 Å². The van der Waals surface area contributed by atoms with Crippen LogP contribution in [0, 0.1) is 0 Å². The van der Waals surface area contributed by atoms with Crippen LogP contribution >= 0.6 is 34.5 Å². The van der Waals surface area contributed by atoms with E-state index in [9.17, 15) is 4.79 Å². The van der Waals surface area contributed by atoms with Crippen molar-refractivity contribution in [1.82, 2.24) is 9.88 Å². The molecule has 5 nitrogen and oxygen atoms in total. The smallest absolute Gasteiger partial charge is 0.259 e. The van der Waals surface area contributed by atoms with Crippen LogP contribution < -0.4 is 5.32 Å². The van der Waals surface area contributed by atoms with Crippen molar-refractivity contribution < 1.29 is 9.53 Å². The average molecular weight is 400 g/mol. The fourth-order valence-corrected chi connectivity index (χ4v) is 4.01. The van der Waals surface area contributed by atoms with Gasteiger partial charge in [0.25, 0.3) is 5.91 Å². The predicted octanol–water partition coefficient (Wildman–Crippen LogP) is 4.31. The number of halogens is 2. The lowest BCUT2D eigenvalue weighted by Crippen LogP contribution is -2.44. The fraction of sp³-hybridized carbons (Fsp3) is 0.412. The Kier molecular flexibility index (Phi) is 5.96. The number of nitrogens with zero attached hydrogens (tertiary/aromatic N) is 2. The minimum absolute atomic E-state index is 0.214. The maximum absolute atomic E-state index is 12.4. The van der Waals surface area contributed by atoms with E-state index in [1.54, 1.807) is 18.2 Å². The first-order valence-electron chi connectivity index (χ1n) is 8.00. The third-order valence-electron chi connectivity index (χ3n) is 3.85. The molecule has 0 spiro atoms. The van der Waals surface area contributed by atoms with Gasteiger partial charge in [0.1, 0.15) is 0 Å². The number of hydrogen-bond acceptors (Lipinski definition) is 5. The minimum atomic E-state index is -0.318. The van der Waals surface area contributed by atoms with Gasteiger partial charge in [-0.25, -0.2) is 4.98 Å². The number of anilines is 1. The number of morpholine rings is 1. The molecule has 134 valence electrons. The predicted molar refractivity (Wildman–Crippen MR) is 102 cm³/mol. The van der Waals surface area contributed by atoms with E-state index in [-0.39, 0.29) is 23.1 Å². The van der Waals surface area contributed by atoms with Gasteiger partial charge < -0.3 is 4.74 Å². The largest absolute Gasteiger partial charge is 0.373 e. The van der Waals surface area contributed by atoms with Crippen molar-refractivity contribution in [1.29, 1.82) is 0 Å². The second kappa shape index (κ2) is 8.01. The summed E-state index contributed by atoms with van der Waals surface area (Å²) in [5.74, 6) is -0.318. The van der Waals surface area contributed by atoms with Gasteiger partial charge in [0.2, 0.25) is 0 Å². The quantitative estimate of drug-likeness (QED) is 0.831. The number of thiazole rings is 1. The summed E-state index contributed by atoms with van der Waals surface area (Å²) in [6.45, 7) is 6.64.